The third-order valence-corrected chi connectivity index (χ3v) is 8.68. The molecule has 198 valence electrons. The van der Waals surface area contributed by atoms with Crippen molar-refractivity contribution in [3.8, 4) is 5.69 Å². The van der Waals surface area contributed by atoms with E-state index in [1.165, 1.54) is 24.8 Å². The highest BCUT2D eigenvalue weighted by Gasteiger charge is 2.60. The highest BCUT2D eigenvalue weighted by molar-refractivity contribution is 5.84. The molecule has 38 heavy (non-hydrogen) atoms. The second-order valence-electron chi connectivity index (χ2n) is 11.6. The second kappa shape index (κ2) is 8.59. The van der Waals surface area contributed by atoms with Gasteiger partial charge in [0.1, 0.15) is 17.7 Å². The number of halogens is 2. The second-order valence-corrected chi connectivity index (χ2v) is 11.6. The summed E-state index contributed by atoms with van der Waals surface area (Å²) in [5, 5.41) is 9.19. The first-order chi connectivity index (χ1) is 18.3. The van der Waals surface area contributed by atoms with Gasteiger partial charge in [-0.25, -0.2) is 8.78 Å². The summed E-state index contributed by atoms with van der Waals surface area (Å²) in [6.45, 7) is 3.00. The number of hydrogen-bond donors (Lipinski definition) is 1. The van der Waals surface area contributed by atoms with Crippen molar-refractivity contribution in [3.05, 3.63) is 75.9 Å². The number of rotatable bonds is 6. The molecule has 1 aliphatic heterocycles. The molecule has 7 rings (SSSR count). The predicted molar refractivity (Wildman–Crippen MR) is 141 cm³/mol. The van der Waals surface area contributed by atoms with Crippen LogP contribution in [-0.2, 0) is 19.0 Å². The fraction of sp³-hybridized carbons (Fsp3) is 0.483. The van der Waals surface area contributed by atoms with Crippen molar-refractivity contribution in [2.24, 2.45) is 7.05 Å². The van der Waals surface area contributed by atoms with Crippen LogP contribution in [0.3, 0.4) is 0 Å². The number of aromatic amines is 1. The van der Waals surface area contributed by atoms with Crippen LogP contribution in [0.1, 0.15) is 73.5 Å². The summed E-state index contributed by atoms with van der Waals surface area (Å²) in [5.74, 6) is -1.79. The van der Waals surface area contributed by atoms with Crippen LogP contribution < -0.4 is 5.56 Å². The maximum atomic E-state index is 14.3. The SMILES string of the molecule is Cn1cnnc1C1(c2cccc(-n3cc(C4CC4)c4cc(CN5CCCCC5)[nH]c4c3=O)c2)CC(F)(F)C1. The molecule has 2 saturated carbocycles. The Hall–Kier alpha value is -3.33. The summed E-state index contributed by atoms with van der Waals surface area (Å²) in [6.07, 6.45) is 8.83. The lowest BCUT2D eigenvalue weighted by molar-refractivity contribution is -0.116. The van der Waals surface area contributed by atoms with E-state index in [1.807, 2.05) is 30.5 Å². The average Bonchev–Trinajstić information content (AvgIpc) is 3.50. The van der Waals surface area contributed by atoms with Gasteiger partial charge in [0.25, 0.3) is 11.5 Å². The minimum atomic E-state index is -2.76. The zero-order valence-corrected chi connectivity index (χ0v) is 21.6. The van der Waals surface area contributed by atoms with Crippen molar-refractivity contribution in [3.63, 3.8) is 0 Å². The molecule has 9 heteroatoms. The molecule has 0 atom stereocenters. The number of benzene rings is 1. The Morgan fingerprint density at radius 1 is 1.11 bits per heavy atom. The zero-order valence-electron chi connectivity index (χ0n) is 21.6. The molecule has 1 N–H and O–H groups in total. The van der Waals surface area contributed by atoms with Crippen molar-refractivity contribution in [1.82, 2.24) is 29.2 Å². The molecule has 0 bridgehead atoms. The van der Waals surface area contributed by atoms with Crippen LogP contribution in [-0.4, -0.2) is 48.2 Å². The van der Waals surface area contributed by atoms with E-state index in [2.05, 4.69) is 26.1 Å². The van der Waals surface area contributed by atoms with Crippen LogP contribution in [0.15, 0.2) is 47.7 Å². The van der Waals surface area contributed by atoms with Gasteiger partial charge in [-0.2, -0.15) is 0 Å². The van der Waals surface area contributed by atoms with E-state index in [0.717, 1.165) is 49.1 Å². The molecule has 3 fully saturated rings. The Morgan fingerprint density at radius 2 is 1.89 bits per heavy atom. The maximum Gasteiger partial charge on any atom is 0.279 e. The molecule has 4 heterocycles. The van der Waals surface area contributed by atoms with Gasteiger partial charge >= 0.3 is 0 Å². The van der Waals surface area contributed by atoms with E-state index in [0.29, 0.717) is 22.9 Å². The topological polar surface area (TPSA) is 71.7 Å². The molecule has 0 unspecified atom stereocenters. The highest BCUT2D eigenvalue weighted by Crippen LogP contribution is 2.56. The van der Waals surface area contributed by atoms with E-state index in [9.17, 15) is 13.6 Å². The van der Waals surface area contributed by atoms with Gasteiger partial charge in [0.15, 0.2) is 0 Å². The van der Waals surface area contributed by atoms with Crippen molar-refractivity contribution >= 4 is 10.9 Å². The van der Waals surface area contributed by atoms with E-state index in [-0.39, 0.29) is 18.4 Å². The third-order valence-electron chi connectivity index (χ3n) is 8.68. The summed E-state index contributed by atoms with van der Waals surface area (Å²) >= 11 is 0. The molecule has 1 saturated heterocycles. The van der Waals surface area contributed by atoms with Gasteiger partial charge in [-0.05, 0) is 74.0 Å². The molecular formula is C29H32F2N6O. The fourth-order valence-corrected chi connectivity index (χ4v) is 6.64. The Morgan fingerprint density at radius 3 is 2.58 bits per heavy atom. The van der Waals surface area contributed by atoms with Crippen LogP contribution in [0.25, 0.3) is 16.6 Å². The lowest BCUT2D eigenvalue weighted by Crippen LogP contribution is -2.51. The summed E-state index contributed by atoms with van der Waals surface area (Å²) in [5.41, 5.74) is 3.25. The summed E-state index contributed by atoms with van der Waals surface area (Å²) in [4.78, 5) is 19.7. The molecule has 2 aliphatic carbocycles. The van der Waals surface area contributed by atoms with Gasteiger partial charge in [0.05, 0.1) is 5.41 Å². The molecule has 0 spiro atoms. The number of likely N-dealkylation sites (tertiary alicyclic amines) is 1. The number of hydrogen-bond acceptors (Lipinski definition) is 4. The number of pyridine rings is 1. The number of alkyl halides is 2. The molecule has 4 aromatic rings. The summed E-state index contributed by atoms with van der Waals surface area (Å²) in [7, 11) is 1.78. The van der Waals surface area contributed by atoms with Gasteiger partial charge in [-0.15, -0.1) is 10.2 Å². The molecule has 7 nitrogen and oxygen atoms in total. The third kappa shape index (κ3) is 3.90. The first kappa shape index (κ1) is 23.8. The van der Waals surface area contributed by atoms with Crippen LogP contribution >= 0.6 is 0 Å². The Labute approximate surface area is 219 Å². The van der Waals surface area contributed by atoms with Crippen LogP contribution in [0.2, 0.25) is 0 Å². The van der Waals surface area contributed by atoms with Crippen molar-refractivity contribution in [2.75, 3.05) is 13.1 Å². The molecule has 3 aliphatic rings. The molecule has 0 radical (unpaired) electrons. The van der Waals surface area contributed by atoms with E-state index >= 15 is 0 Å². The largest absolute Gasteiger partial charge is 0.353 e. The van der Waals surface area contributed by atoms with Crippen molar-refractivity contribution < 1.29 is 8.78 Å². The van der Waals surface area contributed by atoms with E-state index in [4.69, 9.17) is 0 Å². The first-order valence-electron chi connectivity index (χ1n) is 13.7. The number of aryl methyl sites for hydroxylation is 1. The van der Waals surface area contributed by atoms with Gasteiger partial charge < -0.3 is 9.55 Å². The highest BCUT2D eigenvalue weighted by atomic mass is 19.3. The Kier molecular flexibility index (Phi) is 5.37. The molecule has 1 aromatic carbocycles. The van der Waals surface area contributed by atoms with Crippen LogP contribution in [0.5, 0.6) is 0 Å². The van der Waals surface area contributed by atoms with E-state index in [1.54, 1.807) is 22.5 Å². The Balaban J connectivity index is 1.32. The quantitative estimate of drug-likeness (QED) is 0.389. The summed E-state index contributed by atoms with van der Waals surface area (Å²) in [6, 6.07) is 9.64. The minimum Gasteiger partial charge on any atom is -0.353 e. The standard InChI is InChI=1S/C29H32F2N6O/c1-35-18-32-34-27(35)28(16-29(30,31)17-28)20-6-5-7-22(12-20)37-15-24(19-8-9-19)23-13-21(33-25(23)26(37)38)14-36-10-3-2-4-11-36/h5-7,12-13,15,18-19,33H,2-4,8-11,14,16-17H2,1H3. The van der Waals surface area contributed by atoms with Gasteiger partial charge in [0, 0.05) is 49.4 Å². The monoisotopic (exact) mass is 518 g/mol. The first-order valence-corrected chi connectivity index (χ1v) is 13.7. The van der Waals surface area contributed by atoms with Crippen LogP contribution in [0.4, 0.5) is 8.78 Å². The van der Waals surface area contributed by atoms with Gasteiger partial charge in [-0.3, -0.25) is 14.3 Å². The normalized spacial score (nSPS) is 21.0. The number of fused-ring (bicyclic) bond motifs is 1. The maximum absolute atomic E-state index is 14.3. The van der Waals surface area contributed by atoms with E-state index < -0.39 is 11.3 Å². The minimum absolute atomic E-state index is 0.113. The molecular weight excluding hydrogens is 486 g/mol. The smallest absolute Gasteiger partial charge is 0.279 e. The van der Waals surface area contributed by atoms with Gasteiger partial charge in [-0.1, -0.05) is 18.6 Å². The zero-order chi connectivity index (χ0) is 26.1. The number of piperidine rings is 1. The van der Waals surface area contributed by atoms with Gasteiger partial charge in [0.2, 0.25) is 0 Å². The average molecular weight is 519 g/mol. The number of H-pyrrole nitrogens is 1. The summed E-state index contributed by atoms with van der Waals surface area (Å²) < 4.78 is 32.0. The fourth-order valence-electron chi connectivity index (χ4n) is 6.64. The lowest BCUT2D eigenvalue weighted by atomic mass is 9.61. The molecule has 3 aromatic heterocycles. The van der Waals surface area contributed by atoms with Crippen LogP contribution in [0, 0.1) is 0 Å². The number of nitrogens with one attached hydrogen (secondary N) is 1. The van der Waals surface area contributed by atoms with Crippen molar-refractivity contribution in [2.45, 2.75) is 68.7 Å². The predicted octanol–water partition coefficient (Wildman–Crippen LogP) is 5.03. The van der Waals surface area contributed by atoms with Crippen molar-refractivity contribution in [1.29, 1.82) is 0 Å². The number of nitrogens with zero attached hydrogens (tertiary/aromatic N) is 5. The lowest BCUT2D eigenvalue weighted by Gasteiger charge is -2.46. The Bertz CT molecular complexity index is 1570. The molecule has 0 amide bonds. The number of aromatic nitrogens is 5.